The molecule has 0 atom stereocenters. The van der Waals surface area contributed by atoms with Gasteiger partial charge in [-0.25, -0.2) is 13.2 Å². The van der Waals surface area contributed by atoms with E-state index in [2.05, 4.69) is 19.9 Å². The fraction of sp³-hybridized carbons (Fsp3) is 0.214. The molecule has 3 rings (SSSR count). The van der Waals surface area contributed by atoms with Gasteiger partial charge in [0.15, 0.2) is 16.4 Å². The van der Waals surface area contributed by atoms with Gasteiger partial charge in [-0.05, 0) is 12.5 Å². The van der Waals surface area contributed by atoms with Crippen LogP contribution in [0.1, 0.15) is 28.7 Å². The Bertz CT molecular complexity index is 871. The highest BCUT2D eigenvalue weighted by Gasteiger charge is 2.39. The summed E-state index contributed by atoms with van der Waals surface area (Å²) in [6.45, 7) is 2.06. The van der Waals surface area contributed by atoms with E-state index in [4.69, 9.17) is 4.74 Å². The molecular weight excluding hydrogens is 320 g/mol. The normalized spacial score (nSPS) is 16.8. The van der Waals surface area contributed by atoms with Crippen LogP contribution in [0.4, 0.5) is 0 Å². The average Bonchev–Trinajstić information content (AvgIpc) is 3.07. The number of aliphatic imine (C=N–C) groups is 1. The molecule has 1 aliphatic rings. The van der Waals surface area contributed by atoms with Crippen molar-refractivity contribution in [3.05, 3.63) is 47.3 Å². The minimum atomic E-state index is -3.89. The number of nitrogens with zero attached hydrogens (tertiary/aromatic N) is 2. The van der Waals surface area contributed by atoms with Crippen LogP contribution in [0.25, 0.3) is 0 Å². The summed E-state index contributed by atoms with van der Waals surface area (Å²) in [6.07, 6.45) is 0. The highest BCUT2D eigenvalue weighted by Crippen LogP contribution is 2.25. The first kappa shape index (κ1) is 15.2. The van der Waals surface area contributed by atoms with Gasteiger partial charge >= 0.3 is 5.97 Å². The highest BCUT2D eigenvalue weighted by atomic mass is 32.2. The van der Waals surface area contributed by atoms with Crippen molar-refractivity contribution in [1.82, 2.24) is 14.9 Å². The number of aromatic nitrogens is 2. The molecule has 2 heterocycles. The molecule has 0 spiro atoms. The number of aromatic amines is 1. The van der Waals surface area contributed by atoms with Crippen LogP contribution in [0.3, 0.4) is 0 Å². The number of esters is 1. The number of H-pyrrole nitrogens is 1. The summed E-state index contributed by atoms with van der Waals surface area (Å²) in [4.78, 5) is 15.8. The summed E-state index contributed by atoms with van der Waals surface area (Å²) >= 11 is 0. The fourth-order valence-electron chi connectivity index (χ4n) is 2.18. The summed E-state index contributed by atoms with van der Waals surface area (Å²) in [7, 11) is -3.89. The van der Waals surface area contributed by atoms with Crippen LogP contribution in [-0.4, -0.2) is 37.0 Å². The molecule has 1 aliphatic heterocycles. The first-order valence-corrected chi connectivity index (χ1v) is 8.38. The molecule has 0 fully saturated rings. The zero-order chi connectivity index (χ0) is 16.4. The number of carbonyl (C=O) groups excluding carboxylic acids is 1. The fourth-order valence-corrected chi connectivity index (χ4v) is 3.50. The van der Waals surface area contributed by atoms with Gasteiger partial charge in [-0.3, -0.25) is 14.8 Å². The smallest absolute Gasteiger partial charge is 0.357 e. The van der Waals surface area contributed by atoms with E-state index in [0.717, 1.165) is 5.56 Å². The van der Waals surface area contributed by atoms with Crippen molar-refractivity contribution < 1.29 is 17.9 Å². The number of hydrogen-bond donors (Lipinski definition) is 2. The van der Waals surface area contributed by atoms with Gasteiger partial charge in [0.25, 0.3) is 10.0 Å². The van der Waals surface area contributed by atoms with Crippen LogP contribution < -0.4 is 4.72 Å². The molecule has 0 saturated heterocycles. The molecule has 1 aromatic carbocycles. The summed E-state index contributed by atoms with van der Waals surface area (Å²) in [5.41, 5.74) is 0.831. The highest BCUT2D eigenvalue weighted by molar-refractivity contribution is 7.90. The lowest BCUT2D eigenvalue weighted by atomic mass is 10.2. The molecule has 8 nitrogen and oxygen atoms in total. The number of ether oxygens (including phenoxy) is 1. The molecule has 0 amide bonds. The lowest BCUT2D eigenvalue weighted by Crippen LogP contribution is -2.24. The van der Waals surface area contributed by atoms with Crippen LogP contribution >= 0.6 is 0 Å². The first-order valence-electron chi connectivity index (χ1n) is 6.90. The van der Waals surface area contributed by atoms with Crippen LogP contribution in [0, 0.1) is 0 Å². The zero-order valence-electron chi connectivity index (χ0n) is 12.2. The standard InChI is InChI=1S/C14H14N4O4S/c1-2-22-14(19)11-12-10(16-17-11)13(18-23(12,20)21)15-8-9-6-4-3-5-7-9/h3-7H,2,8H2,1H3,(H,15,18)(H,16,17). The second-order valence-corrected chi connectivity index (χ2v) is 6.37. The van der Waals surface area contributed by atoms with Gasteiger partial charge in [-0.1, -0.05) is 30.3 Å². The summed E-state index contributed by atoms with van der Waals surface area (Å²) in [6, 6.07) is 9.37. The maximum atomic E-state index is 12.2. The largest absolute Gasteiger partial charge is 0.461 e. The van der Waals surface area contributed by atoms with Crippen LogP contribution in [0.15, 0.2) is 40.2 Å². The van der Waals surface area contributed by atoms with E-state index in [1.165, 1.54) is 0 Å². The zero-order valence-corrected chi connectivity index (χ0v) is 13.1. The average molecular weight is 334 g/mol. The number of rotatable bonds is 4. The molecule has 0 aliphatic carbocycles. The van der Waals surface area contributed by atoms with Crippen molar-refractivity contribution in [3.63, 3.8) is 0 Å². The molecule has 0 saturated carbocycles. The third-order valence-electron chi connectivity index (χ3n) is 3.19. The molecule has 120 valence electrons. The predicted octanol–water partition coefficient (Wildman–Crippen LogP) is 0.825. The van der Waals surface area contributed by atoms with Crippen molar-refractivity contribution >= 4 is 21.8 Å². The summed E-state index contributed by atoms with van der Waals surface area (Å²) in [5.74, 6) is -0.661. The Morgan fingerprint density at radius 2 is 2.04 bits per heavy atom. The Hall–Kier alpha value is -2.68. The molecular formula is C14H14N4O4S. The number of fused-ring (bicyclic) bond motifs is 1. The molecule has 2 N–H and O–H groups in total. The van der Waals surface area contributed by atoms with E-state index in [0.29, 0.717) is 6.54 Å². The number of sulfonamides is 1. The van der Waals surface area contributed by atoms with Crippen molar-refractivity contribution in [2.45, 2.75) is 18.4 Å². The molecule has 0 bridgehead atoms. The molecule has 1 aromatic heterocycles. The Morgan fingerprint density at radius 1 is 1.30 bits per heavy atom. The molecule has 2 aromatic rings. The van der Waals surface area contributed by atoms with Gasteiger partial charge < -0.3 is 4.74 Å². The van der Waals surface area contributed by atoms with Gasteiger partial charge in [0.1, 0.15) is 5.69 Å². The van der Waals surface area contributed by atoms with E-state index in [9.17, 15) is 13.2 Å². The maximum Gasteiger partial charge on any atom is 0.357 e. The van der Waals surface area contributed by atoms with Crippen molar-refractivity contribution in [2.24, 2.45) is 4.99 Å². The third kappa shape index (κ3) is 2.82. The van der Waals surface area contributed by atoms with Gasteiger partial charge in [0, 0.05) is 0 Å². The summed E-state index contributed by atoms with van der Waals surface area (Å²) < 4.78 is 31.6. The number of amidine groups is 1. The van der Waals surface area contributed by atoms with Gasteiger partial charge in [-0.2, -0.15) is 5.10 Å². The van der Waals surface area contributed by atoms with Crippen LogP contribution in [0.5, 0.6) is 0 Å². The minimum absolute atomic E-state index is 0.101. The van der Waals surface area contributed by atoms with Crippen LogP contribution in [0.2, 0.25) is 0 Å². The molecule has 0 unspecified atom stereocenters. The van der Waals surface area contributed by atoms with E-state index in [1.54, 1.807) is 6.92 Å². The number of hydrogen-bond acceptors (Lipinski definition) is 6. The number of benzene rings is 1. The second kappa shape index (κ2) is 5.84. The van der Waals surface area contributed by atoms with Crippen molar-refractivity contribution in [2.75, 3.05) is 6.61 Å². The Kier molecular flexibility index (Phi) is 3.87. The SMILES string of the molecule is CCOC(=O)c1[nH]nc2c1S(=O)(=O)NC2=NCc1ccccc1. The predicted molar refractivity (Wildman–Crippen MR) is 81.5 cm³/mol. The monoisotopic (exact) mass is 334 g/mol. The quantitative estimate of drug-likeness (QED) is 0.804. The first-order chi connectivity index (χ1) is 11.0. The van der Waals surface area contributed by atoms with E-state index in [-0.39, 0.29) is 28.7 Å². The minimum Gasteiger partial charge on any atom is -0.461 e. The molecule has 0 radical (unpaired) electrons. The Balaban J connectivity index is 1.96. The van der Waals surface area contributed by atoms with Crippen molar-refractivity contribution in [1.29, 1.82) is 0 Å². The second-order valence-electron chi connectivity index (χ2n) is 4.75. The van der Waals surface area contributed by atoms with Gasteiger partial charge in [-0.15, -0.1) is 0 Å². The van der Waals surface area contributed by atoms with E-state index >= 15 is 0 Å². The third-order valence-corrected chi connectivity index (χ3v) is 4.58. The van der Waals surface area contributed by atoms with Gasteiger partial charge in [0.2, 0.25) is 0 Å². The molecule has 9 heteroatoms. The number of nitrogens with one attached hydrogen (secondary N) is 2. The Morgan fingerprint density at radius 3 is 2.74 bits per heavy atom. The Labute approximate surface area is 132 Å². The summed E-state index contributed by atoms with van der Waals surface area (Å²) in [5, 5.41) is 6.31. The maximum absolute atomic E-state index is 12.2. The lowest BCUT2D eigenvalue weighted by molar-refractivity contribution is 0.0515. The van der Waals surface area contributed by atoms with E-state index in [1.807, 2.05) is 30.3 Å². The topological polar surface area (TPSA) is 114 Å². The number of carbonyl (C=O) groups is 1. The lowest BCUT2D eigenvalue weighted by Gasteiger charge is -2.01. The van der Waals surface area contributed by atoms with Crippen LogP contribution in [-0.2, 0) is 21.3 Å². The van der Waals surface area contributed by atoms with Crippen molar-refractivity contribution in [3.8, 4) is 0 Å². The van der Waals surface area contributed by atoms with E-state index < -0.39 is 16.0 Å². The van der Waals surface area contributed by atoms with Gasteiger partial charge in [0.05, 0.1) is 13.2 Å². The molecule has 23 heavy (non-hydrogen) atoms.